The lowest BCUT2D eigenvalue weighted by atomic mass is 9.85. The van der Waals surface area contributed by atoms with Crippen LogP contribution in [-0.2, 0) is 4.79 Å². The molecule has 1 saturated heterocycles. The molecule has 1 aliphatic carbocycles. The number of hydrogen-bond donors (Lipinski definition) is 3. The first kappa shape index (κ1) is 18.7. The van der Waals surface area contributed by atoms with Crippen LogP contribution in [0.25, 0.3) is 0 Å². The van der Waals surface area contributed by atoms with Gasteiger partial charge in [0.15, 0.2) is 0 Å². The van der Waals surface area contributed by atoms with E-state index in [1.165, 1.54) is 12.8 Å². The van der Waals surface area contributed by atoms with Gasteiger partial charge >= 0.3 is 6.03 Å². The molecule has 26 heavy (non-hydrogen) atoms. The van der Waals surface area contributed by atoms with Gasteiger partial charge in [-0.15, -0.1) is 0 Å². The van der Waals surface area contributed by atoms with E-state index in [4.69, 9.17) is 5.73 Å². The number of nitrogens with zero attached hydrogens (tertiary/aromatic N) is 1. The molecule has 2 fully saturated rings. The number of amides is 3. The molecule has 1 heterocycles. The van der Waals surface area contributed by atoms with Gasteiger partial charge in [-0.05, 0) is 56.4 Å². The summed E-state index contributed by atoms with van der Waals surface area (Å²) in [5, 5.41) is 5.91. The zero-order chi connectivity index (χ0) is 18.4. The van der Waals surface area contributed by atoms with Crippen molar-refractivity contribution in [2.45, 2.75) is 57.4 Å². The second kappa shape index (κ2) is 9.03. The van der Waals surface area contributed by atoms with Crippen molar-refractivity contribution in [2.75, 3.05) is 23.7 Å². The molecule has 0 spiro atoms. The number of rotatable bonds is 3. The molecule has 0 bridgehead atoms. The Bertz CT molecular complexity index is 574. The SMILES string of the molecule is NC1CCCC(C(=O)Nc2ccc(NC(=O)N3CCCCCC3)cc2)C1. The van der Waals surface area contributed by atoms with Crippen molar-refractivity contribution in [1.29, 1.82) is 0 Å². The first-order valence-electron chi connectivity index (χ1n) is 9.84. The summed E-state index contributed by atoms with van der Waals surface area (Å²) in [5.41, 5.74) is 7.47. The second-order valence-corrected chi connectivity index (χ2v) is 7.52. The van der Waals surface area contributed by atoms with Crippen LogP contribution in [0.15, 0.2) is 24.3 Å². The standard InChI is InChI=1S/C20H30N4O2/c21-16-7-5-6-15(14-16)19(25)22-17-8-10-18(11-9-17)23-20(26)24-12-3-1-2-4-13-24/h8-11,15-16H,1-7,12-14,21H2,(H,22,25)(H,23,26). The number of carbonyl (C=O) groups is 2. The molecule has 1 saturated carbocycles. The lowest BCUT2D eigenvalue weighted by molar-refractivity contribution is -0.120. The number of carbonyl (C=O) groups excluding carboxylic acids is 2. The molecule has 3 rings (SSSR count). The summed E-state index contributed by atoms with van der Waals surface area (Å²) >= 11 is 0. The van der Waals surface area contributed by atoms with Gasteiger partial charge < -0.3 is 21.3 Å². The highest BCUT2D eigenvalue weighted by Crippen LogP contribution is 2.25. The molecule has 2 unspecified atom stereocenters. The Balaban J connectivity index is 1.51. The van der Waals surface area contributed by atoms with E-state index in [9.17, 15) is 9.59 Å². The molecule has 3 amide bonds. The van der Waals surface area contributed by atoms with Crippen LogP contribution in [0, 0.1) is 5.92 Å². The van der Waals surface area contributed by atoms with Crippen LogP contribution in [0.3, 0.4) is 0 Å². The predicted octanol–water partition coefficient (Wildman–Crippen LogP) is 3.55. The van der Waals surface area contributed by atoms with Crippen molar-refractivity contribution in [2.24, 2.45) is 11.7 Å². The third-order valence-electron chi connectivity index (χ3n) is 5.38. The summed E-state index contributed by atoms with van der Waals surface area (Å²) in [6.07, 6.45) is 8.23. The number of nitrogens with two attached hydrogens (primary N) is 1. The molecule has 142 valence electrons. The summed E-state index contributed by atoms with van der Waals surface area (Å²) in [7, 11) is 0. The number of urea groups is 1. The topological polar surface area (TPSA) is 87.5 Å². The van der Waals surface area contributed by atoms with Gasteiger partial charge in [-0.25, -0.2) is 4.79 Å². The fourth-order valence-corrected chi connectivity index (χ4v) is 3.82. The maximum Gasteiger partial charge on any atom is 0.321 e. The number of likely N-dealkylation sites (tertiary alicyclic amines) is 1. The van der Waals surface area contributed by atoms with Gasteiger partial charge in [-0.1, -0.05) is 19.3 Å². The highest BCUT2D eigenvalue weighted by molar-refractivity contribution is 5.93. The van der Waals surface area contributed by atoms with Crippen LogP contribution in [0.2, 0.25) is 0 Å². The molecule has 0 aromatic heterocycles. The Kier molecular flexibility index (Phi) is 6.50. The summed E-state index contributed by atoms with van der Waals surface area (Å²) < 4.78 is 0. The Morgan fingerprint density at radius 2 is 1.50 bits per heavy atom. The van der Waals surface area contributed by atoms with Gasteiger partial charge in [0, 0.05) is 36.4 Å². The molecule has 1 aromatic rings. The van der Waals surface area contributed by atoms with E-state index in [1.54, 1.807) is 0 Å². The predicted molar refractivity (Wildman–Crippen MR) is 104 cm³/mol. The quantitative estimate of drug-likeness (QED) is 0.772. The monoisotopic (exact) mass is 358 g/mol. The average molecular weight is 358 g/mol. The minimum atomic E-state index is -0.0418. The van der Waals surface area contributed by atoms with Gasteiger partial charge in [0.2, 0.25) is 5.91 Å². The maximum atomic E-state index is 12.4. The first-order valence-corrected chi connectivity index (χ1v) is 9.84. The molecule has 1 aromatic carbocycles. The van der Waals surface area contributed by atoms with Gasteiger partial charge in [-0.3, -0.25) is 4.79 Å². The van der Waals surface area contributed by atoms with E-state index in [2.05, 4.69) is 10.6 Å². The normalized spacial score (nSPS) is 23.8. The van der Waals surface area contributed by atoms with Crippen LogP contribution in [-0.4, -0.2) is 36.0 Å². The fourth-order valence-electron chi connectivity index (χ4n) is 3.82. The third-order valence-corrected chi connectivity index (χ3v) is 5.38. The van der Waals surface area contributed by atoms with Gasteiger partial charge in [0.25, 0.3) is 0 Å². The number of anilines is 2. The summed E-state index contributed by atoms with van der Waals surface area (Å²) in [6, 6.07) is 7.42. The van der Waals surface area contributed by atoms with Crippen molar-refractivity contribution in [3.05, 3.63) is 24.3 Å². The van der Waals surface area contributed by atoms with E-state index in [-0.39, 0.29) is 23.9 Å². The highest BCUT2D eigenvalue weighted by Gasteiger charge is 2.25. The van der Waals surface area contributed by atoms with Crippen LogP contribution in [0.1, 0.15) is 51.4 Å². The van der Waals surface area contributed by atoms with Crippen molar-refractivity contribution in [3.8, 4) is 0 Å². The molecule has 2 atom stereocenters. The van der Waals surface area contributed by atoms with E-state index in [1.807, 2.05) is 29.2 Å². The number of hydrogen-bond acceptors (Lipinski definition) is 3. The van der Waals surface area contributed by atoms with Gasteiger partial charge in [0.1, 0.15) is 0 Å². The van der Waals surface area contributed by atoms with E-state index in [0.29, 0.717) is 0 Å². The van der Waals surface area contributed by atoms with Gasteiger partial charge in [0.05, 0.1) is 0 Å². The smallest absolute Gasteiger partial charge is 0.321 e. The molecule has 1 aliphatic heterocycles. The Morgan fingerprint density at radius 3 is 2.12 bits per heavy atom. The zero-order valence-corrected chi connectivity index (χ0v) is 15.4. The van der Waals surface area contributed by atoms with Crippen LogP contribution in [0.5, 0.6) is 0 Å². The molecule has 6 nitrogen and oxygen atoms in total. The highest BCUT2D eigenvalue weighted by atomic mass is 16.2. The van der Waals surface area contributed by atoms with Crippen LogP contribution < -0.4 is 16.4 Å². The summed E-state index contributed by atoms with van der Waals surface area (Å²) in [6.45, 7) is 1.65. The summed E-state index contributed by atoms with van der Waals surface area (Å²) in [5.74, 6) is 0.0441. The Labute approximate surface area is 155 Å². The van der Waals surface area contributed by atoms with Gasteiger partial charge in [-0.2, -0.15) is 0 Å². The van der Waals surface area contributed by atoms with E-state index in [0.717, 1.165) is 63.0 Å². The van der Waals surface area contributed by atoms with Crippen molar-refractivity contribution in [3.63, 3.8) is 0 Å². The Hall–Kier alpha value is -2.08. The Morgan fingerprint density at radius 1 is 0.885 bits per heavy atom. The number of nitrogens with one attached hydrogen (secondary N) is 2. The third kappa shape index (κ3) is 5.21. The first-order chi connectivity index (χ1) is 12.6. The maximum absolute atomic E-state index is 12.4. The van der Waals surface area contributed by atoms with Crippen molar-refractivity contribution in [1.82, 2.24) is 4.90 Å². The molecule has 6 heteroatoms. The van der Waals surface area contributed by atoms with E-state index >= 15 is 0 Å². The molecule has 2 aliphatic rings. The molecule has 0 radical (unpaired) electrons. The van der Waals surface area contributed by atoms with Crippen molar-refractivity contribution >= 4 is 23.3 Å². The fraction of sp³-hybridized carbons (Fsp3) is 0.600. The second-order valence-electron chi connectivity index (χ2n) is 7.52. The lowest BCUT2D eigenvalue weighted by Crippen LogP contribution is -2.35. The minimum absolute atomic E-state index is 0.00108. The summed E-state index contributed by atoms with van der Waals surface area (Å²) in [4.78, 5) is 26.6. The van der Waals surface area contributed by atoms with E-state index < -0.39 is 0 Å². The average Bonchev–Trinajstić information content (AvgIpc) is 2.93. The molecular formula is C20H30N4O2. The minimum Gasteiger partial charge on any atom is -0.328 e. The molecule has 4 N–H and O–H groups in total. The lowest BCUT2D eigenvalue weighted by Gasteiger charge is -2.25. The zero-order valence-electron chi connectivity index (χ0n) is 15.4. The largest absolute Gasteiger partial charge is 0.328 e. The molecular weight excluding hydrogens is 328 g/mol. The van der Waals surface area contributed by atoms with Crippen LogP contribution in [0.4, 0.5) is 16.2 Å². The van der Waals surface area contributed by atoms with Crippen LogP contribution >= 0.6 is 0 Å². The van der Waals surface area contributed by atoms with Crippen molar-refractivity contribution < 1.29 is 9.59 Å². The number of benzene rings is 1.